The topological polar surface area (TPSA) is 35.5 Å². The number of hydrogen-bond donors (Lipinski definition) is 0. The normalized spacial score (nSPS) is 11.5. The maximum atomic E-state index is 11.6. The van der Waals surface area contributed by atoms with E-state index in [2.05, 4.69) is 13.5 Å². The van der Waals surface area contributed by atoms with Crippen molar-refractivity contribution in [2.24, 2.45) is 0 Å². The molecule has 0 unspecified atom stereocenters. The summed E-state index contributed by atoms with van der Waals surface area (Å²) in [5.74, 6) is -0.291. The van der Waals surface area contributed by atoms with Gasteiger partial charge in [-0.05, 0) is 19.8 Å². The molecule has 0 atom stereocenters. The van der Waals surface area contributed by atoms with Crippen molar-refractivity contribution in [3.8, 4) is 0 Å². The number of esters is 1. The lowest BCUT2D eigenvalue weighted by atomic mass is 10.1. The van der Waals surface area contributed by atoms with Crippen LogP contribution in [-0.4, -0.2) is 19.4 Å². The first-order chi connectivity index (χ1) is 11.2. The van der Waals surface area contributed by atoms with Crippen molar-refractivity contribution in [1.82, 2.24) is 0 Å². The van der Waals surface area contributed by atoms with Crippen molar-refractivity contribution in [2.45, 2.75) is 84.5 Å². The summed E-state index contributed by atoms with van der Waals surface area (Å²) in [6, 6.07) is 0. The van der Waals surface area contributed by atoms with Gasteiger partial charge >= 0.3 is 5.97 Å². The number of hydrogen-bond acceptors (Lipinski definition) is 3. The molecule has 0 fully saturated rings. The van der Waals surface area contributed by atoms with Gasteiger partial charge in [-0.25, -0.2) is 4.79 Å². The van der Waals surface area contributed by atoms with E-state index < -0.39 is 0 Å². The Hall–Kier alpha value is -1.09. The van der Waals surface area contributed by atoms with Crippen LogP contribution in [0.25, 0.3) is 0 Å². The molecule has 0 aliphatic carbocycles. The fourth-order valence-corrected chi connectivity index (χ4v) is 2.37. The molecular weight excluding hydrogens is 288 g/mol. The summed E-state index contributed by atoms with van der Waals surface area (Å²) in [5, 5.41) is 0. The van der Waals surface area contributed by atoms with Gasteiger partial charge in [0.1, 0.15) is 0 Å². The van der Waals surface area contributed by atoms with Crippen LogP contribution in [0.5, 0.6) is 0 Å². The molecule has 0 aromatic heterocycles. The Balaban J connectivity index is 3.43. The summed E-state index contributed by atoms with van der Waals surface area (Å²) >= 11 is 0. The van der Waals surface area contributed by atoms with E-state index in [0.717, 1.165) is 12.8 Å². The molecule has 134 valence electrons. The Morgan fingerprint density at radius 1 is 0.957 bits per heavy atom. The van der Waals surface area contributed by atoms with Crippen LogP contribution in [0.1, 0.15) is 84.5 Å². The lowest BCUT2D eigenvalue weighted by Gasteiger charge is -2.05. The van der Waals surface area contributed by atoms with Gasteiger partial charge in [-0.2, -0.15) is 0 Å². The average molecular weight is 325 g/mol. The third-order valence-corrected chi connectivity index (χ3v) is 3.84. The second kappa shape index (κ2) is 17.3. The number of carbonyl (C=O) groups is 1. The minimum Gasteiger partial charge on any atom is -0.435 e. The van der Waals surface area contributed by atoms with E-state index in [1.54, 1.807) is 13.0 Å². The van der Waals surface area contributed by atoms with Crippen LogP contribution in [0.15, 0.2) is 24.3 Å². The van der Waals surface area contributed by atoms with E-state index in [4.69, 9.17) is 9.47 Å². The van der Waals surface area contributed by atoms with E-state index in [1.807, 2.05) is 6.08 Å². The molecule has 3 nitrogen and oxygen atoms in total. The summed E-state index contributed by atoms with van der Waals surface area (Å²) in [6.45, 7) is 7.97. The van der Waals surface area contributed by atoms with Crippen LogP contribution in [0.3, 0.4) is 0 Å². The summed E-state index contributed by atoms with van der Waals surface area (Å²) in [7, 11) is 0. The molecule has 0 aromatic carbocycles. The largest absolute Gasteiger partial charge is 0.435 e. The molecule has 0 saturated carbocycles. The number of ether oxygens (including phenoxy) is 2. The van der Waals surface area contributed by atoms with Crippen LogP contribution >= 0.6 is 0 Å². The predicted octanol–water partition coefficient (Wildman–Crippen LogP) is 5.95. The smallest absolute Gasteiger partial charge is 0.335 e. The first kappa shape index (κ1) is 21.9. The standard InChI is InChI=1S/C20H36O3/c1-4-6-7-8-9-10-11-12-13-14-15-16-19(3)20(21)23-18-22-17-5-2/h5,16H,2,4,6-15,17-18H2,1,3H3. The second-order valence-electron chi connectivity index (χ2n) is 6.07. The molecule has 0 radical (unpaired) electrons. The summed E-state index contributed by atoms with van der Waals surface area (Å²) < 4.78 is 10.0. The van der Waals surface area contributed by atoms with Crippen molar-refractivity contribution in [2.75, 3.05) is 13.4 Å². The average Bonchev–Trinajstić information content (AvgIpc) is 2.56. The zero-order chi connectivity index (χ0) is 17.2. The molecule has 0 aliphatic heterocycles. The molecular formula is C20H36O3. The van der Waals surface area contributed by atoms with Gasteiger partial charge in [0, 0.05) is 5.57 Å². The van der Waals surface area contributed by atoms with Gasteiger partial charge in [0.2, 0.25) is 0 Å². The summed E-state index contributed by atoms with van der Waals surface area (Å²) in [5.41, 5.74) is 0.670. The van der Waals surface area contributed by atoms with Crippen molar-refractivity contribution in [3.63, 3.8) is 0 Å². The van der Waals surface area contributed by atoms with Crippen LogP contribution in [0.4, 0.5) is 0 Å². The van der Waals surface area contributed by atoms with Gasteiger partial charge in [0.15, 0.2) is 6.79 Å². The molecule has 0 saturated heterocycles. The monoisotopic (exact) mass is 324 g/mol. The highest BCUT2D eigenvalue weighted by Crippen LogP contribution is 2.12. The third kappa shape index (κ3) is 15.6. The zero-order valence-electron chi connectivity index (χ0n) is 15.3. The zero-order valence-corrected chi connectivity index (χ0v) is 15.3. The molecule has 0 bridgehead atoms. The fraction of sp³-hybridized carbons (Fsp3) is 0.750. The van der Waals surface area contributed by atoms with Gasteiger partial charge in [0.05, 0.1) is 6.61 Å². The Kier molecular flexibility index (Phi) is 16.4. The Morgan fingerprint density at radius 3 is 2.09 bits per heavy atom. The first-order valence-corrected chi connectivity index (χ1v) is 9.24. The lowest BCUT2D eigenvalue weighted by molar-refractivity contribution is -0.150. The number of allylic oxidation sites excluding steroid dienone is 1. The van der Waals surface area contributed by atoms with Crippen molar-refractivity contribution in [3.05, 3.63) is 24.3 Å². The van der Waals surface area contributed by atoms with Crippen LogP contribution < -0.4 is 0 Å². The van der Waals surface area contributed by atoms with Crippen molar-refractivity contribution in [1.29, 1.82) is 0 Å². The SMILES string of the molecule is C=CCOCOC(=O)C(C)=CCCCCCCCCCCCC. The van der Waals surface area contributed by atoms with Crippen molar-refractivity contribution >= 4 is 5.97 Å². The predicted molar refractivity (Wildman–Crippen MR) is 97.3 cm³/mol. The molecule has 0 aliphatic rings. The Bertz CT molecular complexity index is 321. The highest BCUT2D eigenvalue weighted by molar-refractivity contribution is 5.87. The number of carbonyl (C=O) groups excluding carboxylic acids is 1. The van der Waals surface area contributed by atoms with Crippen molar-refractivity contribution < 1.29 is 14.3 Å². The van der Waals surface area contributed by atoms with E-state index in [9.17, 15) is 4.79 Å². The Morgan fingerprint density at radius 2 is 1.52 bits per heavy atom. The minimum absolute atomic E-state index is 0.00567. The number of unbranched alkanes of at least 4 members (excludes halogenated alkanes) is 10. The summed E-state index contributed by atoms with van der Waals surface area (Å²) in [6.07, 6.45) is 17.9. The van der Waals surface area contributed by atoms with Crippen LogP contribution in [0, 0.1) is 0 Å². The maximum Gasteiger partial charge on any atom is 0.335 e. The van der Waals surface area contributed by atoms with Crippen LogP contribution in [-0.2, 0) is 14.3 Å². The highest BCUT2D eigenvalue weighted by atomic mass is 16.7. The first-order valence-electron chi connectivity index (χ1n) is 9.24. The van der Waals surface area contributed by atoms with Gasteiger partial charge in [-0.3, -0.25) is 0 Å². The Labute approximate surface area is 143 Å². The van der Waals surface area contributed by atoms with Gasteiger partial charge < -0.3 is 9.47 Å². The molecule has 23 heavy (non-hydrogen) atoms. The molecule has 0 rings (SSSR count). The maximum absolute atomic E-state index is 11.6. The highest BCUT2D eigenvalue weighted by Gasteiger charge is 2.04. The second-order valence-corrected chi connectivity index (χ2v) is 6.07. The van der Waals surface area contributed by atoms with E-state index in [1.165, 1.54) is 57.8 Å². The quantitative estimate of drug-likeness (QED) is 0.116. The van der Waals surface area contributed by atoms with Gasteiger partial charge in [-0.1, -0.05) is 76.9 Å². The van der Waals surface area contributed by atoms with Gasteiger partial charge in [0.25, 0.3) is 0 Å². The molecule has 0 amide bonds. The molecule has 3 heteroatoms. The minimum atomic E-state index is -0.291. The molecule has 0 spiro atoms. The molecule has 0 N–H and O–H groups in total. The van der Waals surface area contributed by atoms with E-state index >= 15 is 0 Å². The van der Waals surface area contributed by atoms with Gasteiger partial charge in [-0.15, -0.1) is 6.58 Å². The molecule has 0 heterocycles. The fourth-order valence-electron chi connectivity index (χ4n) is 2.37. The van der Waals surface area contributed by atoms with E-state index in [-0.39, 0.29) is 12.8 Å². The number of rotatable bonds is 16. The third-order valence-electron chi connectivity index (χ3n) is 3.84. The summed E-state index contributed by atoms with van der Waals surface area (Å²) in [4.78, 5) is 11.6. The molecule has 0 aromatic rings. The van der Waals surface area contributed by atoms with E-state index in [0.29, 0.717) is 12.2 Å². The lowest BCUT2D eigenvalue weighted by Crippen LogP contribution is -2.09. The van der Waals surface area contributed by atoms with Crippen LogP contribution in [0.2, 0.25) is 0 Å².